The summed E-state index contributed by atoms with van der Waals surface area (Å²) in [5.74, 6) is 1.84. The minimum absolute atomic E-state index is 0.0143. The number of likely N-dealkylation sites (tertiary alicyclic amines) is 1. The predicted octanol–water partition coefficient (Wildman–Crippen LogP) is 2.12. The molecule has 0 saturated carbocycles. The number of nitrogens with one attached hydrogen (secondary N) is 1. The summed E-state index contributed by atoms with van der Waals surface area (Å²) in [6, 6.07) is 0.0143. The Morgan fingerprint density at radius 1 is 1.18 bits per heavy atom. The van der Waals surface area contributed by atoms with Crippen molar-refractivity contribution >= 4 is 5.91 Å². The van der Waals surface area contributed by atoms with Crippen molar-refractivity contribution in [2.75, 3.05) is 13.6 Å². The molecule has 0 aliphatic carbocycles. The van der Waals surface area contributed by atoms with Gasteiger partial charge in [0.05, 0.1) is 6.04 Å². The standard InChI is InChI=1S/C14H28N2O/c1-9-8-16(7)12(11(3)10(9)2)13(17)15-14(4,5)6/h9-12H,8H2,1-7H3,(H,15,17)/t9-,10+,11-,12-/m0/s1. The van der Waals surface area contributed by atoms with Crippen molar-refractivity contribution < 1.29 is 4.79 Å². The molecule has 0 radical (unpaired) electrons. The Hall–Kier alpha value is -0.570. The van der Waals surface area contributed by atoms with Crippen LogP contribution in [-0.4, -0.2) is 36.0 Å². The van der Waals surface area contributed by atoms with Crippen LogP contribution in [0.25, 0.3) is 0 Å². The Bertz CT molecular complexity index is 282. The number of rotatable bonds is 1. The van der Waals surface area contributed by atoms with E-state index in [1.54, 1.807) is 0 Å². The maximum atomic E-state index is 12.3. The van der Waals surface area contributed by atoms with Crippen LogP contribution in [0.2, 0.25) is 0 Å². The summed E-state index contributed by atoms with van der Waals surface area (Å²) in [5.41, 5.74) is -0.149. The molecular weight excluding hydrogens is 212 g/mol. The summed E-state index contributed by atoms with van der Waals surface area (Å²) in [5, 5.41) is 3.10. The molecule has 0 spiro atoms. The van der Waals surface area contributed by atoms with E-state index >= 15 is 0 Å². The molecule has 1 fully saturated rings. The maximum absolute atomic E-state index is 12.3. The van der Waals surface area contributed by atoms with Crippen LogP contribution < -0.4 is 5.32 Å². The zero-order valence-electron chi connectivity index (χ0n) is 12.4. The first-order chi connectivity index (χ1) is 7.63. The number of nitrogens with zero attached hydrogens (tertiary/aromatic N) is 1. The van der Waals surface area contributed by atoms with Crippen LogP contribution in [-0.2, 0) is 4.79 Å². The minimum Gasteiger partial charge on any atom is -0.350 e. The third kappa shape index (κ3) is 3.44. The van der Waals surface area contributed by atoms with Crippen LogP contribution in [0.15, 0.2) is 0 Å². The molecule has 1 aliphatic heterocycles. The SMILES string of the molecule is C[C@H]1[C@H](C)[C@@H](C)CN(C)[C@@H]1C(=O)NC(C)(C)C. The minimum atomic E-state index is -0.149. The van der Waals surface area contributed by atoms with Crippen LogP contribution in [0, 0.1) is 17.8 Å². The van der Waals surface area contributed by atoms with E-state index in [4.69, 9.17) is 0 Å². The molecule has 1 amide bonds. The Labute approximate surface area is 106 Å². The molecule has 1 heterocycles. The average Bonchev–Trinajstić information content (AvgIpc) is 2.11. The quantitative estimate of drug-likeness (QED) is 0.761. The number of hydrogen-bond acceptors (Lipinski definition) is 2. The molecule has 0 aromatic rings. The van der Waals surface area contributed by atoms with Gasteiger partial charge >= 0.3 is 0 Å². The van der Waals surface area contributed by atoms with Gasteiger partial charge < -0.3 is 5.32 Å². The Kier molecular flexibility index (Phi) is 4.23. The molecule has 0 aromatic heterocycles. The molecule has 1 rings (SSSR count). The number of likely N-dealkylation sites (N-methyl/N-ethyl adjacent to an activating group) is 1. The second-order valence-corrected chi connectivity index (χ2v) is 6.82. The van der Waals surface area contributed by atoms with E-state index in [-0.39, 0.29) is 17.5 Å². The van der Waals surface area contributed by atoms with Crippen molar-refractivity contribution in [3.8, 4) is 0 Å². The smallest absolute Gasteiger partial charge is 0.238 e. The van der Waals surface area contributed by atoms with E-state index in [1.807, 2.05) is 20.8 Å². The van der Waals surface area contributed by atoms with Crippen molar-refractivity contribution in [1.29, 1.82) is 0 Å². The highest BCUT2D eigenvalue weighted by molar-refractivity contribution is 5.82. The lowest BCUT2D eigenvalue weighted by Gasteiger charge is -2.44. The van der Waals surface area contributed by atoms with Crippen LogP contribution in [0.3, 0.4) is 0 Å². The van der Waals surface area contributed by atoms with Gasteiger partial charge in [0.1, 0.15) is 0 Å². The summed E-state index contributed by atoms with van der Waals surface area (Å²) in [4.78, 5) is 14.5. The molecule has 3 heteroatoms. The molecule has 0 bridgehead atoms. The molecule has 4 atom stereocenters. The van der Waals surface area contributed by atoms with E-state index in [9.17, 15) is 4.79 Å². The molecule has 100 valence electrons. The fourth-order valence-corrected chi connectivity index (χ4v) is 2.82. The lowest BCUT2D eigenvalue weighted by molar-refractivity contribution is -0.132. The molecule has 1 saturated heterocycles. The normalized spacial score (nSPS) is 35.7. The van der Waals surface area contributed by atoms with Gasteiger partial charge in [-0.25, -0.2) is 0 Å². The van der Waals surface area contributed by atoms with E-state index in [2.05, 4.69) is 38.0 Å². The summed E-state index contributed by atoms with van der Waals surface area (Å²) >= 11 is 0. The van der Waals surface area contributed by atoms with Crippen molar-refractivity contribution in [1.82, 2.24) is 10.2 Å². The number of amides is 1. The van der Waals surface area contributed by atoms with E-state index in [0.717, 1.165) is 6.54 Å². The highest BCUT2D eigenvalue weighted by Gasteiger charge is 2.39. The van der Waals surface area contributed by atoms with Crippen LogP contribution >= 0.6 is 0 Å². The van der Waals surface area contributed by atoms with E-state index in [0.29, 0.717) is 17.8 Å². The topological polar surface area (TPSA) is 32.3 Å². The van der Waals surface area contributed by atoms with Gasteiger partial charge in [0, 0.05) is 12.1 Å². The monoisotopic (exact) mass is 240 g/mol. The second kappa shape index (κ2) is 4.97. The predicted molar refractivity (Wildman–Crippen MR) is 71.8 cm³/mol. The van der Waals surface area contributed by atoms with Crippen LogP contribution in [0.1, 0.15) is 41.5 Å². The maximum Gasteiger partial charge on any atom is 0.238 e. The Balaban J connectivity index is 2.78. The first kappa shape index (κ1) is 14.5. The summed E-state index contributed by atoms with van der Waals surface area (Å²) in [7, 11) is 2.06. The van der Waals surface area contributed by atoms with Gasteiger partial charge in [-0.05, 0) is 45.6 Å². The largest absolute Gasteiger partial charge is 0.350 e. The number of piperidine rings is 1. The van der Waals surface area contributed by atoms with Crippen molar-refractivity contribution in [2.45, 2.75) is 53.1 Å². The van der Waals surface area contributed by atoms with Gasteiger partial charge in [-0.1, -0.05) is 20.8 Å². The number of carbonyl (C=O) groups excluding carboxylic acids is 1. The fraction of sp³-hybridized carbons (Fsp3) is 0.929. The Morgan fingerprint density at radius 2 is 1.71 bits per heavy atom. The highest BCUT2D eigenvalue weighted by atomic mass is 16.2. The van der Waals surface area contributed by atoms with Crippen molar-refractivity contribution in [3.05, 3.63) is 0 Å². The Morgan fingerprint density at radius 3 is 2.18 bits per heavy atom. The van der Waals surface area contributed by atoms with Gasteiger partial charge in [-0.2, -0.15) is 0 Å². The van der Waals surface area contributed by atoms with Crippen molar-refractivity contribution in [3.63, 3.8) is 0 Å². The third-order valence-corrected chi connectivity index (χ3v) is 4.04. The zero-order valence-corrected chi connectivity index (χ0v) is 12.4. The molecule has 0 aromatic carbocycles. The molecule has 1 aliphatic rings. The second-order valence-electron chi connectivity index (χ2n) is 6.82. The first-order valence-corrected chi connectivity index (χ1v) is 6.65. The van der Waals surface area contributed by atoms with Gasteiger partial charge in [0.2, 0.25) is 5.91 Å². The van der Waals surface area contributed by atoms with E-state index in [1.165, 1.54) is 0 Å². The van der Waals surface area contributed by atoms with Crippen LogP contribution in [0.4, 0.5) is 0 Å². The summed E-state index contributed by atoms with van der Waals surface area (Å²) in [6.07, 6.45) is 0. The highest BCUT2D eigenvalue weighted by Crippen LogP contribution is 2.32. The van der Waals surface area contributed by atoms with Gasteiger partial charge in [0.15, 0.2) is 0 Å². The lowest BCUT2D eigenvalue weighted by atomic mass is 9.76. The molecule has 17 heavy (non-hydrogen) atoms. The summed E-state index contributed by atoms with van der Waals surface area (Å²) < 4.78 is 0. The third-order valence-electron chi connectivity index (χ3n) is 4.04. The fourth-order valence-electron chi connectivity index (χ4n) is 2.82. The van der Waals surface area contributed by atoms with Gasteiger partial charge in [0.25, 0.3) is 0 Å². The number of carbonyl (C=O) groups is 1. The average molecular weight is 240 g/mol. The van der Waals surface area contributed by atoms with Crippen LogP contribution in [0.5, 0.6) is 0 Å². The van der Waals surface area contributed by atoms with E-state index < -0.39 is 0 Å². The molecular formula is C14H28N2O. The van der Waals surface area contributed by atoms with Gasteiger partial charge in [-0.15, -0.1) is 0 Å². The molecule has 1 N–H and O–H groups in total. The van der Waals surface area contributed by atoms with Gasteiger partial charge in [-0.3, -0.25) is 9.69 Å². The molecule has 3 nitrogen and oxygen atoms in total. The number of hydrogen-bond donors (Lipinski definition) is 1. The molecule has 0 unspecified atom stereocenters. The van der Waals surface area contributed by atoms with Crippen molar-refractivity contribution in [2.24, 2.45) is 17.8 Å². The lowest BCUT2D eigenvalue weighted by Crippen LogP contribution is -2.58. The zero-order chi connectivity index (χ0) is 13.4. The summed E-state index contributed by atoms with van der Waals surface area (Å²) in [6.45, 7) is 13.8. The first-order valence-electron chi connectivity index (χ1n) is 6.65.